The Labute approximate surface area is 147 Å². The molecule has 1 aliphatic heterocycles. The van der Waals surface area contributed by atoms with Gasteiger partial charge < -0.3 is 16.4 Å². The van der Waals surface area contributed by atoms with Gasteiger partial charge in [-0.1, -0.05) is 6.58 Å². The highest BCUT2D eigenvalue weighted by molar-refractivity contribution is 7.15. The summed E-state index contributed by atoms with van der Waals surface area (Å²) < 4.78 is 0. The van der Waals surface area contributed by atoms with Gasteiger partial charge in [0.2, 0.25) is 5.95 Å². The fourth-order valence-corrected chi connectivity index (χ4v) is 4.08. The van der Waals surface area contributed by atoms with Crippen molar-refractivity contribution in [3.05, 3.63) is 41.5 Å². The third-order valence-electron chi connectivity index (χ3n) is 4.08. The molecule has 2 aromatic rings. The zero-order valence-corrected chi connectivity index (χ0v) is 15.3. The number of hydrogen-bond donors (Lipinski definition) is 3. The maximum atomic E-state index is 5.95. The number of anilines is 1. The van der Waals surface area contributed by atoms with Gasteiger partial charge in [-0.25, -0.2) is 9.97 Å². The Balaban J connectivity index is 1.76. The molecule has 2 atom stereocenters. The van der Waals surface area contributed by atoms with Gasteiger partial charge in [0.15, 0.2) is 0 Å². The largest absolute Gasteiger partial charge is 0.384 e. The van der Waals surface area contributed by atoms with E-state index < -0.39 is 0 Å². The molecular weight excluding hydrogens is 318 g/mol. The normalized spacial score (nSPS) is 21.2. The Morgan fingerprint density at radius 1 is 1.42 bits per heavy atom. The molecule has 1 saturated heterocycles. The first-order valence-corrected chi connectivity index (χ1v) is 9.05. The molecule has 3 rings (SSSR count). The van der Waals surface area contributed by atoms with Crippen LogP contribution in [-0.2, 0) is 0 Å². The van der Waals surface area contributed by atoms with Crippen LogP contribution >= 0.6 is 11.3 Å². The molecule has 0 saturated carbocycles. The maximum absolute atomic E-state index is 5.95. The van der Waals surface area contributed by atoms with Crippen molar-refractivity contribution in [2.75, 3.05) is 5.32 Å². The molecule has 0 amide bonds. The molecule has 4 N–H and O–H groups in total. The van der Waals surface area contributed by atoms with Gasteiger partial charge in [0, 0.05) is 40.8 Å². The van der Waals surface area contributed by atoms with Crippen molar-refractivity contribution in [3.8, 4) is 10.6 Å². The second-order valence-electron chi connectivity index (χ2n) is 7.12. The van der Waals surface area contributed by atoms with E-state index in [2.05, 4.69) is 53.2 Å². The Morgan fingerprint density at radius 2 is 2.21 bits per heavy atom. The van der Waals surface area contributed by atoms with Crippen LogP contribution in [0.3, 0.4) is 0 Å². The number of thiophene rings is 1. The van der Waals surface area contributed by atoms with Crippen molar-refractivity contribution >= 4 is 17.3 Å². The van der Waals surface area contributed by atoms with Gasteiger partial charge in [-0.2, -0.15) is 0 Å². The van der Waals surface area contributed by atoms with Gasteiger partial charge in [-0.05, 0) is 45.4 Å². The molecule has 24 heavy (non-hydrogen) atoms. The van der Waals surface area contributed by atoms with Gasteiger partial charge >= 0.3 is 0 Å². The van der Waals surface area contributed by atoms with Gasteiger partial charge in [-0.15, -0.1) is 11.3 Å². The van der Waals surface area contributed by atoms with Crippen molar-refractivity contribution in [2.24, 2.45) is 5.73 Å². The molecule has 0 spiro atoms. The Kier molecular flexibility index (Phi) is 4.60. The van der Waals surface area contributed by atoms with E-state index in [9.17, 15) is 0 Å². The van der Waals surface area contributed by atoms with Crippen molar-refractivity contribution in [1.82, 2.24) is 15.3 Å². The summed E-state index contributed by atoms with van der Waals surface area (Å²) >= 11 is 1.68. The maximum Gasteiger partial charge on any atom is 0.223 e. The van der Waals surface area contributed by atoms with Crippen LogP contribution in [0.2, 0.25) is 0 Å². The molecule has 2 unspecified atom stereocenters. The van der Waals surface area contributed by atoms with Gasteiger partial charge in [0.1, 0.15) is 0 Å². The standard InChI is InChI=1S/C18H25N5S/c1-11-9-13(10-18(3,4)23-11)21-17-20-8-7-14(22-17)16-6-5-15(24-16)12(2)19/h5-8,12-13,23H,1,9-10,19H2,2-4H3,(H,20,21,22). The molecule has 128 valence electrons. The first-order valence-electron chi connectivity index (χ1n) is 8.24. The predicted molar refractivity (Wildman–Crippen MR) is 101 cm³/mol. The average Bonchev–Trinajstić information content (AvgIpc) is 2.95. The van der Waals surface area contributed by atoms with E-state index in [1.807, 2.05) is 13.0 Å². The number of nitrogens with one attached hydrogen (secondary N) is 2. The van der Waals surface area contributed by atoms with Crippen LogP contribution in [0.15, 0.2) is 36.7 Å². The van der Waals surface area contributed by atoms with Crippen LogP contribution in [0.25, 0.3) is 10.6 Å². The van der Waals surface area contributed by atoms with E-state index in [1.54, 1.807) is 17.5 Å². The number of rotatable bonds is 4. The van der Waals surface area contributed by atoms with E-state index in [0.29, 0.717) is 5.95 Å². The average molecular weight is 344 g/mol. The van der Waals surface area contributed by atoms with E-state index >= 15 is 0 Å². The van der Waals surface area contributed by atoms with Crippen LogP contribution < -0.4 is 16.4 Å². The molecule has 1 aliphatic rings. The number of aromatic nitrogens is 2. The SMILES string of the molecule is C=C1CC(Nc2nccc(-c3ccc(C(C)N)s3)n2)CC(C)(C)N1. The van der Waals surface area contributed by atoms with Gasteiger partial charge in [0.25, 0.3) is 0 Å². The third-order valence-corrected chi connectivity index (χ3v) is 5.39. The Bertz CT molecular complexity index is 735. The summed E-state index contributed by atoms with van der Waals surface area (Å²) in [6.45, 7) is 10.4. The van der Waals surface area contributed by atoms with Gasteiger partial charge in [0.05, 0.1) is 10.6 Å². The fourth-order valence-electron chi connectivity index (χ4n) is 3.15. The first kappa shape index (κ1) is 16.9. The molecule has 1 fully saturated rings. The quantitative estimate of drug-likeness (QED) is 0.789. The van der Waals surface area contributed by atoms with Crippen molar-refractivity contribution in [2.45, 2.75) is 51.2 Å². The minimum Gasteiger partial charge on any atom is -0.384 e. The summed E-state index contributed by atoms with van der Waals surface area (Å²) in [6, 6.07) is 6.41. The molecule has 3 heterocycles. The summed E-state index contributed by atoms with van der Waals surface area (Å²) in [5.41, 5.74) is 7.96. The minimum atomic E-state index is 0.0323. The zero-order valence-electron chi connectivity index (χ0n) is 14.5. The van der Waals surface area contributed by atoms with Crippen molar-refractivity contribution in [1.29, 1.82) is 0 Å². The topological polar surface area (TPSA) is 75.9 Å². The molecule has 5 nitrogen and oxygen atoms in total. The fraction of sp³-hybridized carbons (Fsp3) is 0.444. The Morgan fingerprint density at radius 3 is 2.88 bits per heavy atom. The predicted octanol–water partition coefficient (Wildman–Crippen LogP) is 3.68. The monoisotopic (exact) mass is 343 g/mol. The van der Waals surface area contributed by atoms with Crippen LogP contribution in [0.1, 0.15) is 44.5 Å². The zero-order chi connectivity index (χ0) is 17.3. The molecule has 6 heteroatoms. The molecule has 0 bridgehead atoms. The van der Waals surface area contributed by atoms with Crippen LogP contribution in [0.5, 0.6) is 0 Å². The first-order chi connectivity index (χ1) is 11.3. The van der Waals surface area contributed by atoms with E-state index in [0.717, 1.165) is 34.0 Å². The summed E-state index contributed by atoms with van der Waals surface area (Å²) in [5, 5.41) is 6.90. The lowest BCUT2D eigenvalue weighted by Gasteiger charge is -2.38. The highest BCUT2D eigenvalue weighted by atomic mass is 32.1. The van der Waals surface area contributed by atoms with Crippen LogP contribution in [0, 0.1) is 0 Å². The second kappa shape index (κ2) is 6.53. The van der Waals surface area contributed by atoms with Crippen molar-refractivity contribution < 1.29 is 0 Å². The number of hydrogen-bond acceptors (Lipinski definition) is 6. The summed E-state index contributed by atoms with van der Waals surface area (Å²) in [6.07, 6.45) is 3.68. The molecular formula is C18H25N5S. The number of nitrogens with two attached hydrogens (primary N) is 1. The molecule has 0 radical (unpaired) electrons. The van der Waals surface area contributed by atoms with E-state index in [1.165, 1.54) is 0 Å². The van der Waals surface area contributed by atoms with Crippen LogP contribution in [0.4, 0.5) is 5.95 Å². The smallest absolute Gasteiger partial charge is 0.223 e. The van der Waals surface area contributed by atoms with Gasteiger partial charge in [-0.3, -0.25) is 0 Å². The van der Waals surface area contributed by atoms with E-state index in [4.69, 9.17) is 5.73 Å². The highest BCUT2D eigenvalue weighted by Crippen LogP contribution is 2.30. The molecule has 0 aromatic carbocycles. The summed E-state index contributed by atoms with van der Waals surface area (Å²) in [7, 11) is 0. The number of piperidine rings is 1. The van der Waals surface area contributed by atoms with Crippen molar-refractivity contribution in [3.63, 3.8) is 0 Å². The lowest BCUT2D eigenvalue weighted by Crippen LogP contribution is -2.48. The highest BCUT2D eigenvalue weighted by Gasteiger charge is 2.29. The Hall–Kier alpha value is -1.92. The summed E-state index contributed by atoms with van der Waals surface area (Å²) in [4.78, 5) is 11.3. The molecule has 2 aromatic heterocycles. The lowest BCUT2D eigenvalue weighted by molar-refractivity contribution is 0.324. The number of nitrogens with zero attached hydrogens (tertiary/aromatic N) is 2. The third kappa shape index (κ3) is 3.94. The van der Waals surface area contributed by atoms with E-state index in [-0.39, 0.29) is 17.6 Å². The van der Waals surface area contributed by atoms with Crippen LogP contribution in [-0.4, -0.2) is 21.5 Å². The lowest BCUT2D eigenvalue weighted by atomic mass is 9.88. The minimum absolute atomic E-state index is 0.0323. The molecule has 0 aliphatic carbocycles. The summed E-state index contributed by atoms with van der Waals surface area (Å²) in [5.74, 6) is 0.666. The second-order valence-corrected chi connectivity index (χ2v) is 8.23.